The summed E-state index contributed by atoms with van der Waals surface area (Å²) in [6.07, 6.45) is 6.04. The normalized spacial score (nSPS) is 20.0. The van der Waals surface area contributed by atoms with E-state index in [1.807, 2.05) is 49.4 Å². The standard InChI is InChI=1S/C31H40N4O5S/c1-24(25-15-19-32-20-16-25)35(21-22-39-2)41(37,38)34-27-13-17-31(18-14-27,26-9-5-4-6-10-26)23-33-30(36)28-11-7-8-12-29(28)40-3/h4-12,15-16,19-20,24,27,34H,13-14,17-18,21-23H2,1-3H3,(H,33,36)/t24?,27-,31-. The number of carbonyl (C=O) groups is 1. The molecule has 9 nitrogen and oxygen atoms in total. The summed E-state index contributed by atoms with van der Waals surface area (Å²) < 4.78 is 42.3. The van der Waals surface area contributed by atoms with Crippen LogP contribution in [-0.2, 0) is 20.4 Å². The van der Waals surface area contributed by atoms with Gasteiger partial charge in [-0.3, -0.25) is 9.78 Å². The second-order valence-corrected chi connectivity index (χ2v) is 12.1. The average molecular weight is 581 g/mol. The molecule has 0 spiro atoms. The maximum Gasteiger partial charge on any atom is 0.280 e. The molecule has 0 aliphatic heterocycles. The monoisotopic (exact) mass is 580 g/mol. The van der Waals surface area contributed by atoms with Crippen molar-refractivity contribution in [1.82, 2.24) is 19.3 Å². The Bertz CT molecular complexity index is 1360. The van der Waals surface area contributed by atoms with Crippen LogP contribution in [0.25, 0.3) is 0 Å². The van der Waals surface area contributed by atoms with Crippen molar-refractivity contribution in [3.05, 3.63) is 95.8 Å². The Morgan fingerprint density at radius 3 is 2.34 bits per heavy atom. The van der Waals surface area contributed by atoms with Crippen LogP contribution in [0.5, 0.6) is 5.75 Å². The molecule has 1 aliphatic carbocycles. The second-order valence-electron chi connectivity index (χ2n) is 10.5. The minimum Gasteiger partial charge on any atom is -0.496 e. The van der Waals surface area contributed by atoms with Gasteiger partial charge in [0.1, 0.15) is 5.75 Å². The molecule has 1 fully saturated rings. The summed E-state index contributed by atoms with van der Waals surface area (Å²) in [5.74, 6) is 0.329. The number of para-hydroxylation sites is 1. The zero-order valence-electron chi connectivity index (χ0n) is 24.0. The molecule has 3 aromatic rings. The van der Waals surface area contributed by atoms with Crippen molar-refractivity contribution < 1.29 is 22.7 Å². The van der Waals surface area contributed by atoms with Gasteiger partial charge in [0.2, 0.25) is 0 Å². The molecule has 220 valence electrons. The number of rotatable bonds is 13. The van der Waals surface area contributed by atoms with Gasteiger partial charge >= 0.3 is 0 Å². The lowest BCUT2D eigenvalue weighted by atomic mass is 9.68. The van der Waals surface area contributed by atoms with Crippen LogP contribution in [0.15, 0.2) is 79.1 Å². The number of amides is 1. The first kappa shape index (κ1) is 30.6. The second kappa shape index (κ2) is 14.0. The van der Waals surface area contributed by atoms with E-state index in [0.717, 1.165) is 11.1 Å². The number of pyridine rings is 1. The van der Waals surface area contributed by atoms with Crippen molar-refractivity contribution >= 4 is 16.1 Å². The van der Waals surface area contributed by atoms with Gasteiger partial charge in [0.25, 0.3) is 16.1 Å². The summed E-state index contributed by atoms with van der Waals surface area (Å²) in [6.45, 7) is 2.82. The summed E-state index contributed by atoms with van der Waals surface area (Å²) in [7, 11) is -0.702. The van der Waals surface area contributed by atoms with E-state index in [4.69, 9.17) is 9.47 Å². The summed E-state index contributed by atoms with van der Waals surface area (Å²) in [6, 6.07) is 20.4. The average Bonchev–Trinajstić information content (AvgIpc) is 3.01. The highest BCUT2D eigenvalue weighted by Gasteiger charge is 2.39. The number of ether oxygens (including phenoxy) is 2. The molecule has 1 amide bonds. The van der Waals surface area contributed by atoms with Gasteiger partial charge in [-0.05, 0) is 68.0 Å². The Hall–Kier alpha value is -3.31. The van der Waals surface area contributed by atoms with Gasteiger partial charge < -0.3 is 14.8 Å². The Morgan fingerprint density at radius 1 is 1.02 bits per heavy atom. The number of nitrogens with zero attached hydrogens (tertiary/aromatic N) is 2. The fourth-order valence-corrected chi connectivity index (χ4v) is 7.26. The fourth-order valence-electron chi connectivity index (χ4n) is 5.61. The highest BCUT2D eigenvalue weighted by Crippen LogP contribution is 2.39. The Labute approximate surface area is 243 Å². The molecule has 0 radical (unpaired) electrons. The van der Waals surface area contributed by atoms with Crippen LogP contribution >= 0.6 is 0 Å². The Morgan fingerprint density at radius 2 is 1.68 bits per heavy atom. The zero-order valence-corrected chi connectivity index (χ0v) is 24.8. The van der Waals surface area contributed by atoms with Crippen LogP contribution in [0.2, 0.25) is 0 Å². The first-order chi connectivity index (χ1) is 19.8. The lowest BCUT2D eigenvalue weighted by Crippen LogP contribution is -2.51. The first-order valence-electron chi connectivity index (χ1n) is 13.9. The Balaban J connectivity index is 1.48. The molecule has 2 aromatic carbocycles. The molecule has 2 N–H and O–H groups in total. The molecule has 0 bridgehead atoms. The van der Waals surface area contributed by atoms with Crippen molar-refractivity contribution in [2.24, 2.45) is 0 Å². The SMILES string of the molecule is COCCN(C(C)c1ccncc1)S(=O)(=O)N[C@H]1CC[C@](CNC(=O)c2ccccc2OC)(c2ccccc2)CC1. The highest BCUT2D eigenvalue weighted by molar-refractivity contribution is 7.87. The van der Waals surface area contributed by atoms with Crippen molar-refractivity contribution in [3.8, 4) is 5.75 Å². The van der Waals surface area contributed by atoms with Crippen LogP contribution in [0.1, 0.15) is 60.1 Å². The molecule has 0 saturated heterocycles. The lowest BCUT2D eigenvalue weighted by molar-refractivity contribution is 0.0932. The third-order valence-corrected chi connectivity index (χ3v) is 9.78. The number of nitrogens with one attached hydrogen (secondary N) is 2. The molecule has 41 heavy (non-hydrogen) atoms. The summed E-state index contributed by atoms with van der Waals surface area (Å²) in [5.41, 5.74) is 2.16. The van der Waals surface area contributed by atoms with Gasteiger partial charge in [0.05, 0.1) is 19.3 Å². The van der Waals surface area contributed by atoms with E-state index >= 15 is 0 Å². The van der Waals surface area contributed by atoms with E-state index in [0.29, 0.717) is 43.5 Å². The van der Waals surface area contributed by atoms with Gasteiger partial charge in [-0.2, -0.15) is 17.4 Å². The topological polar surface area (TPSA) is 110 Å². The number of benzene rings is 2. The summed E-state index contributed by atoms with van der Waals surface area (Å²) >= 11 is 0. The molecule has 1 saturated carbocycles. The van der Waals surface area contributed by atoms with Crippen molar-refractivity contribution in [3.63, 3.8) is 0 Å². The third kappa shape index (κ3) is 7.51. The van der Waals surface area contributed by atoms with Crippen molar-refractivity contribution in [2.75, 3.05) is 33.9 Å². The maximum absolute atomic E-state index is 13.7. The lowest BCUT2D eigenvalue weighted by Gasteiger charge is -2.41. The van der Waals surface area contributed by atoms with Gasteiger partial charge in [0.15, 0.2) is 0 Å². The maximum atomic E-state index is 13.7. The molecule has 1 unspecified atom stereocenters. The quantitative estimate of drug-likeness (QED) is 0.313. The minimum absolute atomic E-state index is 0.195. The number of carbonyl (C=O) groups excluding carboxylic acids is 1. The summed E-state index contributed by atoms with van der Waals surface area (Å²) in [4.78, 5) is 17.2. The number of methoxy groups -OCH3 is 2. The van der Waals surface area contributed by atoms with E-state index < -0.39 is 10.2 Å². The number of hydrogen-bond donors (Lipinski definition) is 2. The molecular formula is C31H40N4O5S. The van der Waals surface area contributed by atoms with Gasteiger partial charge in [-0.1, -0.05) is 42.5 Å². The molecule has 1 heterocycles. The Kier molecular flexibility index (Phi) is 10.5. The van der Waals surface area contributed by atoms with Gasteiger partial charge in [-0.25, -0.2) is 0 Å². The smallest absolute Gasteiger partial charge is 0.280 e. The number of aromatic nitrogens is 1. The van der Waals surface area contributed by atoms with E-state index in [1.165, 1.54) is 4.31 Å². The molecule has 1 aliphatic rings. The van der Waals surface area contributed by atoms with E-state index in [-0.39, 0.29) is 36.6 Å². The van der Waals surface area contributed by atoms with Gasteiger partial charge in [0, 0.05) is 50.1 Å². The predicted molar refractivity (Wildman–Crippen MR) is 159 cm³/mol. The fraction of sp³-hybridized carbons (Fsp3) is 0.419. The molecular weight excluding hydrogens is 540 g/mol. The van der Waals surface area contributed by atoms with E-state index in [2.05, 4.69) is 27.2 Å². The van der Waals surface area contributed by atoms with E-state index in [1.54, 1.807) is 38.7 Å². The van der Waals surface area contributed by atoms with E-state index in [9.17, 15) is 13.2 Å². The molecule has 1 atom stereocenters. The van der Waals surface area contributed by atoms with Crippen molar-refractivity contribution in [1.29, 1.82) is 0 Å². The molecule has 4 rings (SSSR count). The van der Waals surface area contributed by atoms with Crippen LogP contribution in [-0.4, -0.2) is 63.6 Å². The zero-order chi connectivity index (χ0) is 29.3. The third-order valence-electron chi connectivity index (χ3n) is 8.03. The van der Waals surface area contributed by atoms with Crippen LogP contribution in [0.3, 0.4) is 0 Å². The molecule has 10 heteroatoms. The van der Waals surface area contributed by atoms with Gasteiger partial charge in [-0.15, -0.1) is 0 Å². The predicted octanol–water partition coefficient (Wildman–Crippen LogP) is 4.24. The van der Waals surface area contributed by atoms with Crippen LogP contribution in [0.4, 0.5) is 0 Å². The van der Waals surface area contributed by atoms with Crippen LogP contribution in [0, 0.1) is 0 Å². The number of hydrogen-bond acceptors (Lipinski definition) is 6. The minimum atomic E-state index is -3.81. The molecule has 1 aromatic heterocycles. The first-order valence-corrected chi connectivity index (χ1v) is 15.4. The highest BCUT2D eigenvalue weighted by atomic mass is 32.2. The van der Waals surface area contributed by atoms with Crippen LogP contribution < -0.4 is 14.8 Å². The summed E-state index contributed by atoms with van der Waals surface area (Å²) in [5, 5.41) is 3.14. The largest absolute Gasteiger partial charge is 0.496 e. The van der Waals surface area contributed by atoms with Crippen molar-refractivity contribution in [2.45, 2.75) is 50.1 Å².